The molecule has 0 aromatic carbocycles. The van der Waals surface area contributed by atoms with Crippen molar-refractivity contribution >= 4 is 22.2 Å². The zero-order chi connectivity index (χ0) is 16.1. The van der Waals surface area contributed by atoms with Crippen LogP contribution >= 0.6 is 12.6 Å². The van der Waals surface area contributed by atoms with Crippen LogP contribution in [-0.4, -0.2) is 33.6 Å². The molecule has 0 spiro atoms. The van der Waals surface area contributed by atoms with Crippen LogP contribution < -0.4 is 0 Å². The van der Waals surface area contributed by atoms with Gasteiger partial charge < -0.3 is 13.3 Å². The highest BCUT2D eigenvalue weighted by atomic mass is 32.1. The van der Waals surface area contributed by atoms with E-state index in [4.69, 9.17) is 13.3 Å². The van der Waals surface area contributed by atoms with E-state index in [2.05, 4.69) is 19.6 Å². The van der Waals surface area contributed by atoms with Crippen LogP contribution in [0.3, 0.4) is 0 Å². The van der Waals surface area contributed by atoms with E-state index < -0.39 is 9.53 Å². The molecule has 0 radical (unpaired) electrons. The Morgan fingerprint density at radius 1 is 0.857 bits per heavy atom. The van der Waals surface area contributed by atoms with E-state index in [0.717, 1.165) is 6.42 Å². The molecule has 0 aromatic heterocycles. The van der Waals surface area contributed by atoms with Gasteiger partial charge in [0, 0.05) is 24.1 Å². The number of hydrogen-bond acceptors (Lipinski definition) is 4. The highest BCUT2D eigenvalue weighted by Crippen LogP contribution is 2.13. The number of thiol groups is 1. The quantitative estimate of drug-likeness (QED) is 0.285. The second-order valence-corrected chi connectivity index (χ2v) is 8.39. The van der Waals surface area contributed by atoms with Gasteiger partial charge in [0.15, 0.2) is 0 Å². The lowest BCUT2D eigenvalue weighted by molar-refractivity contribution is 0.0503. The predicted molar refractivity (Wildman–Crippen MR) is 96.3 cm³/mol. The van der Waals surface area contributed by atoms with E-state index in [0.29, 0.717) is 6.61 Å². The van der Waals surface area contributed by atoms with Crippen LogP contribution in [0, 0.1) is 0 Å². The molecule has 0 aromatic rings. The molecular formula is C16H36O3SSi. The van der Waals surface area contributed by atoms with E-state index >= 15 is 0 Å². The molecule has 0 heterocycles. The van der Waals surface area contributed by atoms with Gasteiger partial charge in [-0.1, -0.05) is 45.4 Å². The Morgan fingerprint density at radius 3 is 1.90 bits per heavy atom. The van der Waals surface area contributed by atoms with Gasteiger partial charge in [0.25, 0.3) is 0 Å². The summed E-state index contributed by atoms with van der Waals surface area (Å²) in [5, 5.41) is 0.290. The van der Waals surface area contributed by atoms with Crippen molar-refractivity contribution in [2.45, 2.75) is 97.0 Å². The van der Waals surface area contributed by atoms with Gasteiger partial charge in [0.2, 0.25) is 0 Å². The maximum Gasteiger partial charge on any atom is 0.484 e. The Balaban J connectivity index is 3.73. The first-order valence-electron chi connectivity index (χ1n) is 8.56. The van der Waals surface area contributed by atoms with Crippen molar-refractivity contribution < 1.29 is 13.3 Å². The summed E-state index contributed by atoms with van der Waals surface area (Å²) in [6.07, 6.45) is 9.34. The summed E-state index contributed by atoms with van der Waals surface area (Å²) < 4.78 is 17.3. The maximum atomic E-state index is 5.84. The first-order chi connectivity index (χ1) is 9.95. The minimum Gasteiger partial charge on any atom is -0.375 e. The molecule has 0 aliphatic heterocycles. The van der Waals surface area contributed by atoms with Crippen molar-refractivity contribution in [3.8, 4) is 0 Å². The lowest BCUT2D eigenvalue weighted by Gasteiger charge is -2.22. The van der Waals surface area contributed by atoms with Crippen molar-refractivity contribution in [2.24, 2.45) is 0 Å². The molecule has 0 bridgehead atoms. The second-order valence-electron chi connectivity index (χ2n) is 6.20. The maximum absolute atomic E-state index is 5.84. The van der Waals surface area contributed by atoms with Crippen molar-refractivity contribution in [3.05, 3.63) is 0 Å². The van der Waals surface area contributed by atoms with Gasteiger partial charge in [0.1, 0.15) is 0 Å². The zero-order valence-electron chi connectivity index (χ0n) is 14.6. The monoisotopic (exact) mass is 336 g/mol. The minimum absolute atomic E-state index is 0.150. The summed E-state index contributed by atoms with van der Waals surface area (Å²) in [7, 11) is -2.01. The van der Waals surface area contributed by atoms with Crippen LogP contribution in [0.4, 0.5) is 0 Å². The summed E-state index contributed by atoms with van der Waals surface area (Å²) >= 11 is 4.62. The normalized spacial score (nSPS) is 13.6. The summed E-state index contributed by atoms with van der Waals surface area (Å²) in [4.78, 5) is 0. The van der Waals surface area contributed by atoms with Gasteiger partial charge in [-0.05, 0) is 34.1 Å². The third-order valence-electron chi connectivity index (χ3n) is 3.08. The summed E-state index contributed by atoms with van der Waals surface area (Å²) in [6, 6.07) is 0. The molecule has 0 rings (SSSR count). The Morgan fingerprint density at radius 2 is 1.38 bits per heavy atom. The Bertz CT molecular complexity index is 218. The molecule has 3 nitrogen and oxygen atoms in total. The van der Waals surface area contributed by atoms with Gasteiger partial charge in [0.05, 0.1) is 0 Å². The van der Waals surface area contributed by atoms with Gasteiger partial charge in [-0.3, -0.25) is 0 Å². The Labute approximate surface area is 139 Å². The van der Waals surface area contributed by atoms with Crippen LogP contribution in [0.25, 0.3) is 0 Å². The van der Waals surface area contributed by atoms with Crippen molar-refractivity contribution in [1.82, 2.24) is 0 Å². The summed E-state index contributed by atoms with van der Waals surface area (Å²) in [5.74, 6) is 0. The highest BCUT2D eigenvalue weighted by Gasteiger charge is 2.20. The fourth-order valence-corrected chi connectivity index (χ4v) is 3.92. The third-order valence-corrected chi connectivity index (χ3v) is 5.49. The van der Waals surface area contributed by atoms with Crippen LogP contribution in [0.15, 0.2) is 0 Å². The van der Waals surface area contributed by atoms with Crippen molar-refractivity contribution in [3.63, 3.8) is 0 Å². The molecule has 0 aliphatic rings. The van der Waals surface area contributed by atoms with Crippen LogP contribution in [-0.2, 0) is 13.3 Å². The zero-order valence-corrected chi connectivity index (χ0v) is 16.7. The first kappa shape index (κ1) is 21.4. The van der Waals surface area contributed by atoms with E-state index in [1.54, 1.807) is 0 Å². The number of rotatable bonds is 14. The third kappa shape index (κ3) is 15.1. The summed E-state index contributed by atoms with van der Waals surface area (Å²) in [6.45, 7) is 10.9. The Kier molecular flexibility index (Phi) is 14.4. The van der Waals surface area contributed by atoms with E-state index in [1.807, 2.05) is 27.7 Å². The summed E-state index contributed by atoms with van der Waals surface area (Å²) in [5.41, 5.74) is 0. The molecular weight excluding hydrogens is 300 g/mol. The fourth-order valence-electron chi connectivity index (χ4n) is 1.99. The van der Waals surface area contributed by atoms with Crippen molar-refractivity contribution in [1.29, 1.82) is 0 Å². The standard InChI is InChI=1S/C16H36O3SSi/c1-6-7-8-9-10-11-12-16(20)13-17-21(18-14(2)3)19-15(4)5/h14-16,20-21H,6-13H2,1-5H3. The molecule has 0 fully saturated rings. The number of unbranched alkanes of at least 4 members (excludes halogenated alkanes) is 5. The molecule has 128 valence electrons. The molecule has 0 saturated heterocycles. The molecule has 1 atom stereocenters. The van der Waals surface area contributed by atoms with Crippen LogP contribution in [0.5, 0.6) is 0 Å². The smallest absolute Gasteiger partial charge is 0.375 e. The van der Waals surface area contributed by atoms with Gasteiger partial charge in [-0.15, -0.1) is 0 Å². The SMILES string of the molecule is CCCCCCCCC(S)CO[SiH](OC(C)C)OC(C)C. The minimum atomic E-state index is -2.01. The van der Waals surface area contributed by atoms with Crippen LogP contribution in [0.1, 0.15) is 79.6 Å². The molecule has 21 heavy (non-hydrogen) atoms. The lowest BCUT2D eigenvalue weighted by atomic mass is 10.1. The highest BCUT2D eigenvalue weighted by molar-refractivity contribution is 7.81. The molecule has 0 saturated carbocycles. The average molecular weight is 337 g/mol. The topological polar surface area (TPSA) is 27.7 Å². The predicted octanol–water partition coefficient (Wildman–Crippen LogP) is 4.62. The first-order valence-corrected chi connectivity index (χ1v) is 10.5. The Hall–Kier alpha value is 0.447. The lowest BCUT2D eigenvalue weighted by Crippen LogP contribution is -2.34. The number of hydrogen-bond donors (Lipinski definition) is 1. The molecule has 0 N–H and O–H groups in total. The van der Waals surface area contributed by atoms with Gasteiger partial charge in [-0.25, -0.2) is 0 Å². The fraction of sp³-hybridized carbons (Fsp3) is 1.00. The van der Waals surface area contributed by atoms with Gasteiger partial charge >= 0.3 is 9.53 Å². The van der Waals surface area contributed by atoms with Crippen LogP contribution in [0.2, 0.25) is 0 Å². The molecule has 1 unspecified atom stereocenters. The van der Waals surface area contributed by atoms with E-state index in [-0.39, 0.29) is 17.5 Å². The van der Waals surface area contributed by atoms with Gasteiger partial charge in [-0.2, -0.15) is 12.6 Å². The van der Waals surface area contributed by atoms with Crippen molar-refractivity contribution in [2.75, 3.05) is 6.61 Å². The molecule has 5 heteroatoms. The largest absolute Gasteiger partial charge is 0.484 e. The van der Waals surface area contributed by atoms with E-state index in [1.165, 1.54) is 38.5 Å². The average Bonchev–Trinajstić information content (AvgIpc) is 2.38. The van der Waals surface area contributed by atoms with E-state index in [9.17, 15) is 0 Å². The molecule has 0 aliphatic carbocycles. The second kappa shape index (κ2) is 14.1. The molecule has 0 amide bonds.